The standard InChI is InChI=1S/C44H66N2O4S/c1-30(2)33-15-20-44(29-45-23-8-24-46-25-27-51(49,50)28-26-46)22-21-42(6)35(38(33)44)13-14-37-41(5)18-16-34(31-9-11-32(12-10-31)39(47)48)40(3,4)36(41)17-19-43(37,42)7/h9-12,16,33,35-38,45H,1,8,13-15,17-29H2,2-7H3,(H,47,48). The number of allylic oxidation sites excluding steroid dienone is 3. The summed E-state index contributed by atoms with van der Waals surface area (Å²) in [5.41, 5.74) is 5.56. The minimum atomic E-state index is -2.83. The van der Waals surface area contributed by atoms with Gasteiger partial charge in [-0.15, -0.1) is 0 Å². The summed E-state index contributed by atoms with van der Waals surface area (Å²) in [6.07, 6.45) is 15.2. The van der Waals surface area contributed by atoms with Crippen molar-refractivity contribution in [3.63, 3.8) is 0 Å². The SMILES string of the molecule is C=C(C)C1CCC2(CNCCCN3CCS(=O)(=O)CC3)CCC3(C)C(CCC4C5(C)CC=C(c6ccc(C(=O)O)cc6)C(C)(C)C5CCC43C)C12. The smallest absolute Gasteiger partial charge is 0.335 e. The molecule has 5 fully saturated rings. The lowest BCUT2D eigenvalue weighted by atomic mass is 9.32. The van der Waals surface area contributed by atoms with Crippen LogP contribution in [0.1, 0.15) is 122 Å². The molecule has 0 radical (unpaired) electrons. The van der Waals surface area contributed by atoms with Gasteiger partial charge in [-0.1, -0.05) is 65.0 Å². The molecule has 7 rings (SSSR count). The molecule has 0 spiro atoms. The number of carboxylic acids is 1. The van der Waals surface area contributed by atoms with E-state index in [1.54, 1.807) is 12.1 Å². The van der Waals surface area contributed by atoms with E-state index in [0.29, 0.717) is 70.1 Å². The Labute approximate surface area is 309 Å². The van der Waals surface area contributed by atoms with Gasteiger partial charge < -0.3 is 15.3 Å². The number of hydrogen-bond acceptors (Lipinski definition) is 5. The second kappa shape index (κ2) is 13.1. The van der Waals surface area contributed by atoms with E-state index in [2.05, 4.69) is 64.4 Å². The predicted octanol–water partition coefficient (Wildman–Crippen LogP) is 8.75. The highest BCUT2D eigenvalue weighted by Crippen LogP contribution is 2.77. The number of carboxylic acid groups (broad SMARTS) is 1. The molecule has 0 amide bonds. The second-order valence-electron chi connectivity index (χ2n) is 19.5. The van der Waals surface area contributed by atoms with E-state index in [9.17, 15) is 18.3 Å². The van der Waals surface area contributed by atoms with Crippen LogP contribution >= 0.6 is 0 Å². The van der Waals surface area contributed by atoms with Crippen LogP contribution in [0, 0.1) is 56.7 Å². The summed E-state index contributed by atoms with van der Waals surface area (Å²) >= 11 is 0. The molecule has 1 heterocycles. The number of hydrogen-bond donors (Lipinski definition) is 2. The highest BCUT2D eigenvalue weighted by Gasteiger charge is 2.70. The Morgan fingerprint density at radius 3 is 2.29 bits per heavy atom. The molecule has 5 aliphatic carbocycles. The number of rotatable bonds is 9. The van der Waals surface area contributed by atoms with Crippen molar-refractivity contribution in [2.45, 2.75) is 106 Å². The van der Waals surface area contributed by atoms with Crippen LogP contribution < -0.4 is 5.32 Å². The van der Waals surface area contributed by atoms with Crippen LogP contribution in [0.4, 0.5) is 0 Å². The number of nitrogens with one attached hydrogen (secondary N) is 1. The molecular formula is C44H66N2O4S. The van der Waals surface area contributed by atoms with Gasteiger partial charge in [0.05, 0.1) is 17.1 Å². The van der Waals surface area contributed by atoms with Gasteiger partial charge in [-0.25, -0.2) is 13.2 Å². The molecule has 1 aromatic rings. The molecule has 7 heteroatoms. The van der Waals surface area contributed by atoms with Gasteiger partial charge >= 0.3 is 5.97 Å². The maximum atomic E-state index is 11.9. The van der Waals surface area contributed by atoms with Crippen LogP contribution in [0.25, 0.3) is 5.57 Å². The van der Waals surface area contributed by atoms with Crippen LogP contribution in [0.15, 0.2) is 42.5 Å². The fourth-order valence-electron chi connectivity index (χ4n) is 14.2. The van der Waals surface area contributed by atoms with Crippen molar-refractivity contribution in [3.05, 3.63) is 53.6 Å². The van der Waals surface area contributed by atoms with Gasteiger partial charge in [-0.05, 0) is 164 Å². The van der Waals surface area contributed by atoms with E-state index in [0.717, 1.165) is 38.4 Å². The molecule has 1 saturated heterocycles. The molecule has 1 aromatic carbocycles. The van der Waals surface area contributed by atoms with Gasteiger partial charge in [0.25, 0.3) is 0 Å². The zero-order valence-electron chi connectivity index (χ0n) is 32.5. The fraction of sp³-hybridized carbons (Fsp3) is 0.750. The van der Waals surface area contributed by atoms with Crippen LogP contribution in [0.2, 0.25) is 0 Å². The summed E-state index contributed by atoms with van der Waals surface area (Å²) in [4.78, 5) is 13.9. The number of sulfone groups is 1. The van der Waals surface area contributed by atoms with E-state index in [1.807, 2.05) is 12.1 Å². The van der Waals surface area contributed by atoms with Gasteiger partial charge in [0.2, 0.25) is 0 Å². The monoisotopic (exact) mass is 718 g/mol. The Balaban J connectivity index is 1.09. The molecule has 4 saturated carbocycles. The Morgan fingerprint density at radius 1 is 0.922 bits per heavy atom. The highest BCUT2D eigenvalue weighted by molar-refractivity contribution is 7.91. The summed E-state index contributed by atoms with van der Waals surface area (Å²) in [6.45, 7) is 24.4. The van der Waals surface area contributed by atoms with Crippen molar-refractivity contribution >= 4 is 21.4 Å². The highest BCUT2D eigenvalue weighted by atomic mass is 32.2. The van der Waals surface area contributed by atoms with Crippen LogP contribution in [-0.4, -0.2) is 68.6 Å². The van der Waals surface area contributed by atoms with E-state index >= 15 is 0 Å². The third kappa shape index (κ3) is 6.02. The third-order valence-electron chi connectivity index (χ3n) is 17.0. The van der Waals surface area contributed by atoms with E-state index in [-0.39, 0.29) is 10.8 Å². The number of nitrogens with zero attached hydrogens (tertiary/aromatic N) is 1. The van der Waals surface area contributed by atoms with Gasteiger partial charge in [0.15, 0.2) is 9.84 Å². The minimum Gasteiger partial charge on any atom is -0.478 e. The lowest BCUT2D eigenvalue weighted by Crippen LogP contribution is -2.65. The molecule has 0 aromatic heterocycles. The molecule has 9 unspecified atom stereocenters. The van der Waals surface area contributed by atoms with Crippen molar-refractivity contribution in [2.75, 3.05) is 44.2 Å². The number of carbonyl (C=O) groups is 1. The molecule has 2 N–H and O–H groups in total. The molecular weight excluding hydrogens is 653 g/mol. The van der Waals surface area contributed by atoms with Crippen molar-refractivity contribution in [3.8, 4) is 0 Å². The lowest BCUT2D eigenvalue weighted by Gasteiger charge is -2.72. The summed E-state index contributed by atoms with van der Waals surface area (Å²) in [7, 11) is -2.83. The third-order valence-corrected chi connectivity index (χ3v) is 18.6. The summed E-state index contributed by atoms with van der Waals surface area (Å²) in [6, 6.07) is 7.61. The zero-order chi connectivity index (χ0) is 36.6. The zero-order valence-corrected chi connectivity index (χ0v) is 33.3. The Hall–Kier alpha value is -1.96. The average Bonchev–Trinajstić information content (AvgIpc) is 3.45. The first-order chi connectivity index (χ1) is 24.0. The molecule has 51 heavy (non-hydrogen) atoms. The first kappa shape index (κ1) is 37.4. The summed E-state index contributed by atoms with van der Waals surface area (Å²) < 4.78 is 23.8. The molecule has 282 valence electrons. The minimum absolute atomic E-state index is 0.0203. The van der Waals surface area contributed by atoms with E-state index < -0.39 is 15.8 Å². The first-order valence-corrected chi connectivity index (χ1v) is 22.1. The molecule has 6 nitrogen and oxygen atoms in total. The Bertz CT molecular complexity index is 1650. The van der Waals surface area contributed by atoms with Crippen LogP contribution in [0.5, 0.6) is 0 Å². The second-order valence-corrected chi connectivity index (χ2v) is 21.8. The maximum absolute atomic E-state index is 11.9. The van der Waals surface area contributed by atoms with Gasteiger partial charge in [0, 0.05) is 19.6 Å². The van der Waals surface area contributed by atoms with Crippen molar-refractivity contribution in [1.29, 1.82) is 0 Å². The molecule has 9 atom stereocenters. The van der Waals surface area contributed by atoms with E-state index in [4.69, 9.17) is 0 Å². The number of fused-ring (bicyclic) bond motifs is 7. The van der Waals surface area contributed by atoms with Crippen molar-refractivity contribution in [2.24, 2.45) is 56.7 Å². The first-order valence-electron chi connectivity index (χ1n) is 20.3. The fourth-order valence-corrected chi connectivity index (χ4v) is 15.5. The molecule has 6 aliphatic rings. The Kier molecular flexibility index (Phi) is 9.60. The summed E-state index contributed by atoms with van der Waals surface area (Å²) in [5, 5.41) is 13.5. The molecule has 1 aliphatic heterocycles. The predicted molar refractivity (Wildman–Crippen MR) is 208 cm³/mol. The summed E-state index contributed by atoms with van der Waals surface area (Å²) in [5.74, 6) is 3.08. The van der Waals surface area contributed by atoms with Gasteiger partial charge in [-0.3, -0.25) is 0 Å². The van der Waals surface area contributed by atoms with Crippen molar-refractivity contribution < 1.29 is 18.3 Å². The van der Waals surface area contributed by atoms with Crippen LogP contribution in [0.3, 0.4) is 0 Å². The van der Waals surface area contributed by atoms with Crippen molar-refractivity contribution in [1.82, 2.24) is 10.2 Å². The Morgan fingerprint density at radius 2 is 1.63 bits per heavy atom. The van der Waals surface area contributed by atoms with E-state index in [1.165, 1.54) is 68.1 Å². The molecule has 0 bridgehead atoms. The number of benzene rings is 1. The average molecular weight is 719 g/mol. The van der Waals surface area contributed by atoms with Gasteiger partial charge in [0.1, 0.15) is 0 Å². The quantitative estimate of drug-likeness (QED) is 0.196. The largest absolute Gasteiger partial charge is 0.478 e. The topological polar surface area (TPSA) is 86.7 Å². The normalized spacial score (nSPS) is 41.4. The maximum Gasteiger partial charge on any atom is 0.335 e. The van der Waals surface area contributed by atoms with Crippen LogP contribution in [-0.2, 0) is 9.84 Å². The number of aromatic carboxylic acids is 1. The lowest BCUT2D eigenvalue weighted by molar-refractivity contribution is -0.225. The van der Waals surface area contributed by atoms with Gasteiger partial charge in [-0.2, -0.15) is 0 Å².